The van der Waals surface area contributed by atoms with Crippen molar-refractivity contribution in [2.75, 3.05) is 0 Å². The first-order chi connectivity index (χ1) is 8.54. The van der Waals surface area contributed by atoms with Crippen LogP contribution in [0, 0.1) is 0 Å². The second kappa shape index (κ2) is 5.45. The minimum Gasteiger partial charge on any atom is -0.298 e. The number of hydrogen-bond donors (Lipinski definition) is 0. The van der Waals surface area contributed by atoms with Crippen molar-refractivity contribution in [1.82, 2.24) is 4.98 Å². The molecule has 1 aromatic carbocycles. The third kappa shape index (κ3) is 2.47. The number of benzene rings is 1. The highest BCUT2D eigenvalue weighted by atomic mass is 35.5. The minimum atomic E-state index is 0.217. The molecule has 2 aromatic rings. The van der Waals surface area contributed by atoms with Crippen molar-refractivity contribution in [3.63, 3.8) is 0 Å². The van der Waals surface area contributed by atoms with Gasteiger partial charge in [-0.05, 0) is 24.3 Å². The highest BCUT2D eigenvalue weighted by Crippen LogP contribution is 2.38. The molecule has 0 saturated heterocycles. The Kier molecular flexibility index (Phi) is 4.13. The summed E-state index contributed by atoms with van der Waals surface area (Å²) in [5.74, 6) is 0. The lowest BCUT2D eigenvalue weighted by Crippen LogP contribution is -1.93. The molecule has 2 rings (SSSR count). The largest absolute Gasteiger partial charge is 0.298 e. The third-order valence-electron chi connectivity index (χ3n) is 2.31. The molecule has 0 saturated carbocycles. The van der Waals surface area contributed by atoms with Gasteiger partial charge in [-0.2, -0.15) is 0 Å². The van der Waals surface area contributed by atoms with Crippen molar-refractivity contribution in [3.05, 3.63) is 50.0 Å². The summed E-state index contributed by atoms with van der Waals surface area (Å²) in [6, 6.07) is 6.32. The summed E-state index contributed by atoms with van der Waals surface area (Å²) in [6.45, 7) is 0. The topological polar surface area (TPSA) is 30.0 Å². The van der Waals surface area contributed by atoms with Gasteiger partial charge in [-0.15, -0.1) is 0 Å². The van der Waals surface area contributed by atoms with E-state index < -0.39 is 0 Å². The highest BCUT2D eigenvalue weighted by molar-refractivity contribution is 6.49. The predicted octanol–water partition coefficient (Wildman–Crippen LogP) is 5.17. The fourth-order valence-electron chi connectivity index (χ4n) is 1.47. The van der Waals surface area contributed by atoms with Gasteiger partial charge in [-0.3, -0.25) is 4.79 Å². The van der Waals surface area contributed by atoms with E-state index in [0.29, 0.717) is 28.1 Å². The van der Waals surface area contributed by atoms with Crippen molar-refractivity contribution >= 4 is 52.7 Å². The molecule has 0 bridgehead atoms. The molecule has 18 heavy (non-hydrogen) atoms. The van der Waals surface area contributed by atoms with Gasteiger partial charge in [0.25, 0.3) is 0 Å². The fraction of sp³-hybridized carbons (Fsp3) is 0. The molecule has 0 radical (unpaired) electrons. The van der Waals surface area contributed by atoms with E-state index in [1.54, 1.807) is 18.2 Å². The van der Waals surface area contributed by atoms with E-state index in [0.717, 1.165) is 0 Å². The zero-order valence-corrected chi connectivity index (χ0v) is 11.8. The molecule has 0 N–H and O–H groups in total. The van der Waals surface area contributed by atoms with Crippen LogP contribution in [-0.4, -0.2) is 11.3 Å². The number of carbonyl (C=O) groups excluding carboxylic acids is 1. The van der Waals surface area contributed by atoms with Crippen molar-refractivity contribution in [2.24, 2.45) is 0 Å². The smallest absolute Gasteiger partial charge is 0.152 e. The maximum absolute atomic E-state index is 11.0. The highest BCUT2D eigenvalue weighted by Gasteiger charge is 2.15. The summed E-state index contributed by atoms with van der Waals surface area (Å²) >= 11 is 23.7. The first-order valence-corrected chi connectivity index (χ1v) is 6.31. The molecule has 1 aromatic heterocycles. The molecule has 0 aliphatic rings. The number of nitrogens with zero attached hydrogens (tertiary/aromatic N) is 1. The molecule has 0 atom stereocenters. The Morgan fingerprint density at radius 1 is 0.944 bits per heavy atom. The van der Waals surface area contributed by atoms with Gasteiger partial charge in [-0.25, -0.2) is 4.98 Å². The lowest BCUT2D eigenvalue weighted by Gasteiger charge is -2.09. The summed E-state index contributed by atoms with van der Waals surface area (Å²) in [6.07, 6.45) is 0.678. The molecule has 2 nitrogen and oxygen atoms in total. The third-order valence-corrected chi connectivity index (χ3v) is 3.81. The SMILES string of the molecule is O=Cc1ccc(Cl)nc1-c1ccc(Cl)c(Cl)c1Cl. The summed E-state index contributed by atoms with van der Waals surface area (Å²) in [7, 11) is 0. The number of aldehydes is 1. The van der Waals surface area contributed by atoms with Crippen LogP contribution in [0.3, 0.4) is 0 Å². The van der Waals surface area contributed by atoms with Crippen LogP contribution in [0.15, 0.2) is 24.3 Å². The van der Waals surface area contributed by atoms with Crippen molar-refractivity contribution in [3.8, 4) is 11.3 Å². The second-order valence-corrected chi connectivity index (χ2v) is 4.96. The van der Waals surface area contributed by atoms with E-state index in [4.69, 9.17) is 46.4 Å². The molecule has 1 heterocycles. The van der Waals surface area contributed by atoms with Crippen molar-refractivity contribution in [2.45, 2.75) is 0 Å². The number of pyridine rings is 1. The Hall–Kier alpha value is -0.800. The zero-order valence-electron chi connectivity index (χ0n) is 8.75. The lowest BCUT2D eigenvalue weighted by molar-refractivity contribution is 0.112. The molecular formula is C12H5Cl4NO. The number of rotatable bonds is 2. The molecule has 0 aliphatic heterocycles. The molecule has 92 valence electrons. The number of carbonyl (C=O) groups is 1. The zero-order chi connectivity index (χ0) is 13.3. The first kappa shape index (κ1) is 13.6. The van der Waals surface area contributed by atoms with Crippen molar-refractivity contribution < 1.29 is 4.79 Å². The van der Waals surface area contributed by atoms with Gasteiger partial charge < -0.3 is 0 Å². The average Bonchev–Trinajstić information content (AvgIpc) is 2.36. The lowest BCUT2D eigenvalue weighted by atomic mass is 10.1. The van der Waals surface area contributed by atoms with Gasteiger partial charge in [0, 0.05) is 11.1 Å². The number of halogens is 4. The normalized spacial score (nSPS) is 10.4. The molecule has 0 unspecified atom stereocenters. The average molecular weight is 321 g/mol. The Morgan fingerprint density at radius 3 is 2.33 bits per heavy atom. The maximum Gasteiger partial charge on any atom is 0.152 e. The van der Waals surface area contributed by atoms with Crippen LogP contribution in [0.1, 0.15) is 10.4 Å². The predicted molar refractivity (Wildman–Crippen MR) is 75.1 cm³/mol. The van der Waals surface area contributed by atoms with Crippen LogP contribution in [-0.2, 0) is 0 Å². The van der Waals surface area contributed by atoms with Crippen molar-refractivity contribution in [1.29, 1.82) is 0 Å². The van der Waals surface area contributed by atoms with E-state index in [9.17, 15) is 4.79 Å². The summed E-state index contributed by atoms with van der Waals surface area (Å²) in [4.78, 5) is 15.1. The van der Waals surface area contributed by atoms with E-state index in [1.807, 2.05) is 0 Å². The van der Waals surface area contributed by atoms with Crippen LogP contribution in [0.5, 0.6) is 0 Å². The van der Waals surface area contributed by atoms with Gasteiger partial charge in [0.1, 0.15) is 5.15 Å². The van der Waals surface area contributed by atoms with Crippen LogP contribution in [0.25, 0.3) is 11.3 Å². The fourth-order valence-corrected chi connectivity index (χ4v) is 2.24. The Morgan fingerprint density at radius 2 is 1.67 bits per heavy atom. The van der Waals surface area contributed by atoms with Crippen LogP contribution >= 0.6 is 46.4 Å². The van der Waals surface area contributed by atoms with Gasteiger partial charge in [0.05, 0.1) is 20.8 Å². The summed E-state index contributed by atoms with van der Waals surface area (Å²) < 4.78 is 0. The molecule has 0 aliphatic carbocycles. The van der Waals surface area contributed by atoms with Gasteiger partial charge in [0.15, 0.2) is 6.29 Å². The summed E-state index contributed by atoms with van der Waals surface area (Å²) in [5, 5.41) is 1.05. The minimum absolute atomic E-state index is 0.217. The van der Waals surface area contributed by atoms with Gasteiger partial charge in [-0.1, -0.05) is 46.4 Å². The number of aromatic nitrogens is 1. The van der Waals surface area contributed by atoms with E-state index >= 15 is 0 Å². The Balaban J connectivity index is 2.72. The second-order valence-electron chi connectivity index (χ2n) is 3.41. The Labute approximate surface area is 123 Å². The van der Waals surface area contributed by atoms with Crippen LogP contribution in [0.4, 0.5) is 0 Å². The van der Waals surface area contributed by atoms with Crippen LogP contribution < -0.4 is 0 Å². The summed E-state index contributed by atoms with van der Waals surface area (Å²) in [5.41, 5.74) is 1.26. The Bertz CT molecular complexity index is 628. The van der Waals surface area contributed by atoms with E-state index in [1.165, 1.54) is 6.07 Å². The molecule has 6 heteroatoms. The van der Waals surface area contributed by atoms with E-state index in [-0.39, 0.29) is 15.2 Å². The molecule has 0 fully saturated rings. The quantitative estimate of drug-likeness (QED) is 0.434. The standard InChI is InChI=1S/C12H5Cl4NO/c13-8-3-2-7(10(15)11(8)16)12-6(5-18)1-4-9(14)17-12/h1-5H. The van der Waals surface area contributed by atoms with Gasteiger partial charge >= 0.3 is 0 Å². The van der Waals surface area contributed by atoms with E-state index in [2.05, 4.69) is 4.98 Å². The monoisotopic (exact) mass is 319 g/mol. The van der Waals surface area contributed by atoms with Crippen LogP contribution in [0.2, 0.25) is 20.2 Å². The molecule has 0 spiro atoms. The first-order valence-electron chi connectivity index (χ1n) is 4.80. The molecule has 0 amide bonds. The maximum atomic E-state index is 11.0. The number of hydrogen-bond acceptors (Lipinski definition) is 2. The van der Waals surface area contributed by atoms with Gasteiger partial charge in [0.2, 0.25) is 0 Å². The molecular weight excluding hydrogens is 316 g/mol.